The summed E-state index contributed by atoms with van der Waals surface area (Å²) in [6, 6.07) is 0. The quantitative estimate of drug-likeness (QED) is 0.329. The SMILES string of the molecule is [N-]=[N+]=NCCCCNC(=O)CC12CC3CC(CC(C3)C1)C2. The summed E-state index contributed by atoms with van der Waals surface area (Å²) in [5, 5.41) is 6.56. The highest BCUT2D eigenvalue weighted by Crippen LogP contribution is 2.61. The van der Waals surface area contributed by atoms with Gasteiger partial charge >= 0.3 is 0 Å². The summed E-state index contributed by atoms with van der Waals surface area (Å²) >= 11 is 0. The lowest BCUT2D eigenvalue weighted by Crippen LogP contribution is -2.48. The van der Waals surface area contributed by atoms with E-state index in [0.717, 1.165) is 37.0 Å². The number of unbranched alkanes of at least 4 members (excludes halogenated alkanes) is 1. The van der Waals surface area contributed by atoms with Crippen molar-refractivity contribution in [2.45, 2.75) is 57.8 Å². The van der Waals surface area contributed by atoms with E-state index in [2.05, 4.69) is 15.3 Å². The minimum atomic E-state index is 0.237. The van der Waals surface area contributed by atoms with E-state index in [1.165, 1.54) is 38.5 Å². The summed E-state index contributed by atoms with van der Waals surface area (Å²) in [4.78, 5) is 15.0. The first-order valence-corrected chi connectivity index (χ1v) is 8.47. The molecule has 4 fully saturated rings. The molecule has 0 radical (unpaired) electrons. The molecule has 4 rings (SSSR count). The third-order valence-electron chi connectivity index (χ3n) is 5.77. The van der Waals surface area contributed by atoms with Gasteiger partial charge in [0, 0.05) is 24.4 Å². The van der Waals surface area contributed by atoms with Crippen LogP contribution >= 0.6 is 0 Å². The minimum absolute atomic E-state index is 0.237. The molecule has 5 nitrogen and oxygen atoms in total. The van der Waals surface area contributed by atoms with Gasteiger partial charge in [0.1, 0.15) is 0 Å². The third kappa shape index (κ3) is 3.52. The van der Waals surface area contributed by atoms with Crippen molar-refractivity contribution in [3.05, 3.63) is 10.4 Å². The Balaban J connectivity index is 1.41. The normalized spacial score (nSPS) is 36.3. The molecule has 0 aromatic heterocycles. The van der Waals surface area contributed by atoms with Crippen LogP contribution in [-0.4, -0.2) is 19.0 Å². The Kier molecular flexibility index (Phi) is 4.39. The van der Waals surface area contributed by atoms with Crippen LogP contribution in [0.1, 0.15) is 57.8 Å². The van der Waals surface area contributed by atoms with E-state index in [0.29, 0.717) is 18.5 Å². The molecule has 0 saturated heterocycles. The zero-order valence-corrected chi connectivity index (χ0v) is 12.8. The number of hydrogen-bond donors (Lipinski definition) is 1. The molecule has 0 heterocycles. The van der Waals surface area contributed by atoms with E-state index in [1.807, 2.05) is 0 Å². The van der Waals surface area contributed by atoms with E-state index in [4.69, 9.17) is 5.53 Å². The molecule has 1 N–H and O–H groups in total. The number of carbonyl (C=O) groups excluding carboxylic acids is 1. The molecule has 0 aromatic carbocycles. The van der Waals surface area contributed by atoms with Crippen molar-refractivity contribution in [3.63, 3.8) is 0 Å². The molecule has 0 spiro atoms. The highest BCUT2D eigenvalue weighted by molar-refractivity contribution is 5.76. The summed E-state index contributed by atoms with van der Waals surface area (Å²) in [7, 11) is 0. The minimum Gasteiger partial charge on any atom is -0.356 e. The monoisotopic (exact) mass is 290 g/mol. The lowest BCUT2D eigenvalue weighted by Gasteiger charge is -2.56. The van der Waals surface area contributed by atoms with Crippen molar-refractivity contribution in [2.75, 3.05) is 13.1 Å². The predicted molar refractivity (Wildman–Crippen MR) is 81.5 cm³/mol. The van der Waals surface area contributed by atoms with Crippen molar-refractivity contribution in [1.82, 2.24) is 5.32 Å². The molecule has 0 atom stereocenters. The Morgan fingerprint density at radius 3 is 2.33 bits per heavy atom. The lowest BCUT2D eigenvalue weighted by molar-refractivity contribution is -0.129. The maximum Gasteiger partial charge on any atom is 0.220 e. The van der Waals surface area contributed by atoms with Gasteiger partial charge in [-0.2, -0.15) is 0 Å². The zero-order chi connectivity index (χ0) is 14.7. The van der Waals surface area contributed by atoms with Gasteiger partial charge in [-0.3, -0.25) is 4.79 Å². The van der Waals surface area contributed by atoms with Crippen LogP contribution in [0.25, 0.3) is 10.4 Å². The molecular formula is C16H26N4O. The van der Waals surface area contributed by atoms with Crippen LogP contribution in [-0.2, 0) is 4.79 Å². The molecule has 0 aromatic rings. The molecule has 1 amide bonds. The summed E-state index contributed by atoms with van der Waals surface area (Å²) in [5.41, 5.74) is 8.53. The van der Waals surface area contributed by atoms with E-state index in [-0.39, 0.29) is 5.91 Å². The van der Waals surface area contributed by atoms with Gasteiger partial charge in [0.2, 0.25) is 5.91 Å². The van der Waals surface area contributed by atoms with Gasteiger partial charge < -0.3 is 5.32 Å². The highest BCUT2D eigenvalue weighted by Gasteiger charge is 2.51. The van der Waals surface area contributed by atoms with Gasteiger partial charge in [0.05, 0.1) is 0 Å². The van der Waals surface area contributed by atoms with Crippen LogP contribution < -0.4 is 5.32 Å². The Morgan fingerprint density at radius 2 is 1.76 bits per heavy atom. The smallest absolute Gasteiger partial charge is 0.220 e. The highest BCUT2D eigenvalue weighted by atomic mass is 16.1. The largest absolute Gasteiger partial charge is 0.356 e. The molecular weight excluding hydrogens is 264 g/mol. The van der Waals surface area contributed by atoms with Crippen molar-refractivity contribution < 1.29 is 4.79 Å². The van der Waals surface area contributed by atoms with E-state index < -0.39 is 0 Å². The molecule has 4 saturated carbocycles. The number of nitrogens with zero attached hydrogens (tertiary/aromatic N) is 3. The van der Waals surface area contributed by atoms with Gasteiger partial charge in [0.15, 0.2) is 0 Å². The maximum absolute atomic E-state index is 12.2. The maximum atomic E-state index is 12.2. The first-order chi connectivity index (χ1) is 10.2. The lowest BCUT2D eigenvalue weighted by atomic mass is 9.49. The zero-order valence-electron chi connectivity index (χ0n) is 12.8. The summed E-state index contributed by atoms with van der Waals surface area (Å²) in [5.74, 6) is 2.97. The van der Waals surface area contributed by atoms with Crippen LogP contribution in [0, 0.1) is 23.2 Å². The molecule has 116 valence electrons. The van der Waals surface area contributed by atoms with Gasteiger partial charge in [-0.05, 0) is 80.1 Å². The first-order valence-electron chi connectivity index (χ1n) is 8.47. The summed E-state index contributed by atoms with van der Waals surface area (Å²) < 4.78 is 0. The van der Waals surface area contributed by atoms with Gasteiger partial charge in [-0.1, -0.05) is 5.11 Å². The summed E-state index contributed by atoms with van der Waals surface area (Å²) in [6.07, 6.45) is 10.7. The van der Waals surface area contributed by atoms with Crippen LogP contribution in [0.5, 0.6) is 0 Å². The van der Waals surface area contributed by atoms with Gasteiger partial charge in [-0.15, -0.1) is 0 Å². The molecule has 4 bridgehead atoms. The number of rotatable bonds is 7. The fourth-order valence-electron chi connectivity index (χ4n) is 5.49. The molecule has 5 heteroatoms. The van der Waals surface area contributed by atoms with Crippen molar-refractivity contribution in [3.8, 4) is 0 Å². The predicted octanol–water partition coefficient (Wildman–Crippen LogP) is 3.80. The number of nitrogens with one attached hydrogen (secondary N) is 1. The van der Waals surface area contributed by atoms with Gasteiger partial charge in [-0.25, -0.2) is 0 Å². The van der Waals surface area contributed by atoms with Crippen molar-refractivity contribution in [2.24, 2.45) is 28.3 Å². The fraction of sp³-hybridized carbons (Fsp3) is 0.938. The van der Waals surface area contributed by atoms with Crippen LogP contribution in [0.3, 0.4) is 0 Å². The Morgan fingerprint density at radius 1 is 1.14 bits per heavy atom. The number of hydrogen-bond acceptors (Lipinski definition) is 2. The van der Waals surface area contributed by atoms with Crippen molar-refractivity contribution >= 4 is 5.91 Å². The number of carbonyl (C=O) groups is 1. The van der Waals surface area contributed by atoms with Crippen LogP contribution in [0.4, 0.5) is 0 Å². The fourth-order valence-corrected chi connectivity index (χ4v) is 5.49. The number of azide groups is 1. The second kappa shape index (κ2) is 6.27. The van der Waals surface area contributed by atoms with Crippen LogP contribution in [0.15, 0.2) is 5.11 Å². The molecule has 4 aliphatic rings. The van der Waals surface area contributed by atoms with E-state index in [9.17, 15) is 4.79 Å². The first kappa shape index (κ1) is 14.7. The third-order valence-corrected chi connectivity index (χ3v) is 5.77. The number of amides is 1. The topological polar surface area (TPSA) is 77.9 Å². The van der Waals surface area contributed by atoms with E-state index >= 15 is 0 Å². The standard InChI is InChI=1S/C16H26N4O/c17-20-19-4-2-1-3-18-15(21)11-16-8-12-5-13(9-16)7-14(6-12)10-16/h12-14H,1-11H2,(H,18,21). The molecule has 21 heavy (non-hydrogen) atoms. The van der Waals surface area contributed by atoms with Crippen molar-refractivity contribution in [1.29, 1.82) is 0 Å². The summed E-state index contributed by atoms with van der Waals surface area (Å²) in [6.45, 7) is 1.24. The Hall–Kier alpha value is -1.22. The Labute approximate surface area is 126 Å². The average molecular weight is 290 g/mol. The Bertz CT molecular complexity index is 406. The second-order valence-corrected chi connectivity index (χ2v) is 7.61. The van der Waals surface area contributed by atoms with Gasteiger partial charge in [0.25, 0.3) is 0 Å². The average Bonchev–Trinajstić information content (AvgIpc) is 2.40. The van der Waals surface area contributed by atoms with E-state index in [1.54, 1.807) is 0 Å². The second-order valence-electron chi connectivity index (χ2n) is 7.61. The molecule has 0 aliphatic heterocycles. The molecule has 0 unspecified atom stereocenters. The molecule has 4 aliphatic carbocycles. The van der Waals surface area contributed by atoms with Crippen LogP contribution in [0.2, 0.25) is 0 Å².